The van der Waals surface area contributed by atoms with Crippen molar-refractivity contribution in [2.45, 2.75) is 33.1 Å². The van der Waals surface area contributed by atoms with Crippen LogP contribution in [0.5, 0.6) is 5.75 Å². The zero-order valence-corrected chi connectivity index (χ0v) is 11.4. The summed E-state index contributed by atoms with van der Waals surface area (Å²) in [5.41, 5.74) is 1.64. The summed E-state index contributed by atoms with van der Waals surface area (Å²) in [7, 11) is 0. The van der Waals surface area contributed by atoms with Crippen LogP contribution in [0.1, 0.15) is 38.8 Å². The van der Waals surface area contributed by atoms with Gasteiger partial charge >= 0.3 is 5.97 Å². The summed E-state index contributed by atoms with van der Waals surface area (Å²) in [4.78, 5) is 11.2. The molecule has 1 N–H and O–H groups in total. The van der Waals surface area contributed by atoms with Gasteiger partial charge in [-0.15, -0.1) is 0 Å². The van der Waals surface area contributed by atoms with Crippen LogP contribution in [0.25, 0.3) is 6.08 Å². The summed E-state index contributed by atoms with van der Waals surface area (Å²) in [6.45, 7) is 8.33. The average Bonchev–Trinajstić information content (AvgIpc) is 2.26. The molecule has 0 atom stereocenters. The van der Waals surface area contributed by atoms with Crippen LogP contribution in [-0.4, -0.2) is 17.7 Å². The van der Waals surface area contributed by atoms with E-state index in [-0.39, 0.29) is 11.2 Å². The normalized spacial score (nSPS) is 11.8. The average molecular weight is 248 g/mol. The van der Waals surface area contributed by atoms with Crippen LogP contribution in [-0.2, 0) is 14.9 Å². The molecule has 0 unspecified atom stereocenters. The lowest BCUT2D eigenvalue weighted by molar-refractivity contribution is -0.137. The number of benzene rings is 1. The van der Waals surface area contributed by atoms with Crippen LogP contribution in [0.3, 0.4) is 0 Å². The molecule has 0 aliphatic carbocycles. The van der Waals surface area contributed by atoms with Crippen LogP contribution in [0.15, 0.2) is 24.3 Å². The number of carbonyl (C=O) groups excluding carboxylic acids is 1. The number of carbonyl (C=O) groups is 1. The smallest absolute Gasteiger partial charge is 0.330 e. The maximum atomic E-state index is 11.2. The lowest BCUT2D eigenvalue weighted by atomic mass is 9.86. The van der Waals surface area contributed by atoms with Gasteiger partial charge in [-0.25, -0.2) is 4.79 Å². The van der Waals surface area contributed by atoms with Gasteiger partial charge in [0.05, 0.1) is 6.61 Å². The molecule has 0 fully saturated rings. The van der Waals surface area contributed by atoms with Crippen LogP contribution in [0.2, 0.25) is 0 Å². The van der Waals surface area contributed by atoms with Crippen molar-refractivity contribution in [2.75, 3.05) is 6.61 Å². The molecule has 0 aliphatic heterocycles. The monoisotopic (exact) mass is 248 g/mol. The topological polar surface area (TPSA) is 46.5 Å². The number of hydrogen-bond donors (Lipinski definition) is 1. The Morgan fingerprint density at radius 3 is 2.56 bits per heavy atom. The lowest BCUT2D eigenvalue weighted by Gasteiger charge is -2.19. The van der Waals surface area contributed by atoms with Gasteiger partial charge in [0.15, 0.2) is 0 Å². The molecular weight excluding hydrogens is 228 g/mol. The number of hydrogen-bond acceptors (Lipinski definition) is 3. The molecule has 0 saturated heterocycles. The fourth-order valence-electron chi connectivity index (χ4n) is 1.50. The Morgan fingerprint density at radius 2 is 2.06 bits per heavy atom. The first kappa shape index (κ1) is 14.3. The van der Waals surface area contributed by atoms with E-state index in [1.54, 1.807) is 25.1 Å². The molecule has 1 aromatic carbocycles. The minimum Gasteiger partial charge on any atom is -0.507 e. The second-order valence-corrected chi connectivity index (χ2v) is 5.11. The minimum atomic E-state index is -0.406. The molecule has 3 heteroatoms. The van der Waals surface area contributed by atoms with E-state index in [1.165, 1.54) is 6.08 Å². The third-order valence-corrected chi connectivity index (χ3v) is 2.58. The van der Waals surface area contributed by atoms with Gasteiger partial charge in [-0.3, -0.25) is 0 Å². The zero-order valence-electron chi connectivity index (χ0n) is 11.4. The summed E-state index contributed by atoms with van der Waals surface area (Å²) in [5, 5.41) is 9.89. The second kappa shape index (κ2) is 5.71. The molecular formula is C15H20O3. The van der Waals surface area contributed by atoms with Crippen molar-refractivity contribution in [3.8, 4) is 5.75 Å². The Labute approximate surface area is 108 Å². The van der Waals surface area contributed by atoms with E-state index in [9.17, 15) is 9.90 Å². The highest BCUT2D eigenvalue weighted by molar-refractivity contribution is 5.87. The zero-order chi connectivity index (χ0) is 13.8. The molecule has 0 aromatic heterocycles. The Kier molecular flexibility index (Phi) is 4.54. The predicted molar refractivity (Wildman–Crippen MR) is 72.5 cm³/mol. The van der Waals surface area contributed by atoms with Crippen LogP contribution < -0.4 is 0 Å². The van der Waals surface area contributed by atoms with Crippen LogP contribution in [0.4, 0.5) is 0 Å². The maximum absolute atomic E-state index is 11.2. The molecule has 0 heterocycles. The fourth-order valence-corrected chi connectivity index (χ4v) is 1.50. The van der Waals surface area contributed by atoms with Gasteiger partial charge in [0.2, 0.25) is 0 Å². The van der Waals surface area contributed by atoms with E-state index in [2.05, 4.69) is 20.8 Å². The van der Waals surface area contributed by atoms with E-state index in [0.717, 1.165) is 5.56 Å². The minimum absolute atomic E-state index is 0.0130. The second-order valence-electron chi connectivity index (χ2n) is 5.11. The number of phenols is 1. The summed E-state index contributed by atoms with van der Waals surface area (Å²) in [5.74, 6) is -0.236. The molecule has 18 heavy (non-hydrogen) atoms. The Hall–Kier alpha value is -1.77. The first-order valence-electron chi connectivity index (χ1n) is 6.03. The summed E-state index contributed by atoms with van der Waals surface area (Å²) in [6, 6.07) is 5.47. The van der Waals surface area contributed by atoms with Crippen molar-refractivity contribution >= 4 is 12.0 Å². The number of rotatable bonds is 3. The van der Waals surface area contributed by atoms with Crippen LogP contribution >= 0.6 is 0 Å². The lowest BCUT2D eigenvalue weighted by Crippen LogP contribution is -2.10. The summed E-state index contributed by atoms with van der Waals surface area (Å²) >= 11 is 0. The van der Waals surface area contributed by atoms with Gasteiger partial charge in [-0.2, -0.15) is 0 Å². The van der Waals surface area contributed by atoms with Gasteiger partial charge in [0.1, 0.15) is 5.75 Å². The molecule has 0 spiro atoms. The number of ether oxygens (including phenoxy) is 1. The van der Waals surface area contributed by atoms with Crippen molar-refractivity contribution in [1.82, 2.24) is 0 Å². The SMILES string of the molecule is CCOC(=O)C=Cc1ccc(C(C)(C)C)cc1O. The van der Waals surface area contributed by atoms with E-state index in [1.807, 2.05) is 6.07 Å². The van der Waals surface area contributed by atoms with E-state index < -0.39 is 5.97 Å². The number of esters is 1. The quantitative estimate of drug-likeness (QED) is 0.659. The Bertz CT molecular complexity index is 453. The van der Waals surface area contributed by atoms with Crippen LogP contribution in [0, 0.1) is 0 Å². The van der Waals surface area contributed by atoms with Crippen molar-refractivity contribution in [1.29, 1.82) is 0 Å². The van der Waals surface area contributed by atoms with E-state index >= 15 is 0 Å². The molecule has 1 aromatic rings. The van der Waals surface area contributed by atoms with Gasteiger partial charge in [-0.05, 0) is 30.0 Å². The molecule has 0 radical (unpaired) electrons. The van der Waals surface area contributed by atoms with Gasteiger partial charge in [-0.1, -0.05) is 32.9 Å². The first-order chi connectivity index (χ1) is 8.34. The highest BCUT2D eigenvalue weighted by atomic mass is 16.5. The predicted octanol–water partition coefficient (Wildman–Crippen LogP) is 3.27. The van der Waals surface area contributed by atoms with Gasteiger partial charge < -0.3 is 9.84 Å². The van der Waals surface area contributed by atoms with E-state index in [4.69, 9.17) is 4.74 Å². The highest BCUT2D eigenvalue weighted by Crippen LogP contribution is 2.28. The maximum Gasteiger partial charge on any atom is 0.330 e. The van der Waals surface area contributed by atoms with Crippen molar-refractivity contribution in [3.05, 3.63) is 35.4 Å². The van der Waals surface area contributed by atoms with Crippen molar-refractivity contribution in [2.24, 2.45) is 0 Å². The molecule has 0 aliphatic rings. The molecule has 0 bridgehead atoms. The third-order valence-electron chi connectivity index (χ3n) is 2.58. The summed E-state index contributed by atoms with van der Waals surface area (Å²) in [6.07, 6.45) is 2.87. The van der Waals surface area contributed by atoms with Gasteiger partial charge in [0.25, 0.3) is 0 Å². The first-order valence-corrected chi connectivity index (χ1v) is 6.03. The third kappa shape index (κ3) is 3.91. The largest absolute Gasteiger partial charge is 0.507 e. The summed E-state index contributed by atoms with van der Waals surface area (Å²) < 4.78 is 4.77. The molecule has 0 saturated carbocycles. The molecule has 3 nitrogen and oxygen atoms in total. The van der Waals surface area contributed by atoms with Crippen molar-refractivity contribution < 1.29 is 14.6 Å². The number of aromatic hydroxyl groups is 1. The Balaban J connectivity index is 2.90. The molecule has 1 rings (SSSR count). The van der Waals surface area contributed by atoms with Crippen molar-refractivity contribution in [3.63, 3.8) is 0 Å². The number of phenolic OH excluding ortho intramolecular Hbond substituents is 1. The standard InChI is InChI=1S/C15H20O3/c1-5-18-14(17)9-7-11-6-8-12(10-13(11)16)15(2,3)4/h6-10,16H,5H2,1-4H3. The highest BCUT2D eigenvalue weighted by Gasteiger charge is 2.14. The molecule has 0 amide bonds. The van der Waals surface area contributed by atoms with E-state index in [0.29, 0.717) is 12.2 Å². The fraction of sp³-hybridized carbons (Fsp3) is 0.400. The van der Waals surface area contributed by atoms with Gasteiger partial charge in [0, 0.05) is 11.6 Å². The Morgan fingerprint density at radius 1 is 1.39 bits per heavy atom. The molecule has 98 valence electrons.